The van der Waals surface area contributed by atoms with E-state index in [2.05, 4.69) is 286 Å². The number of likely N-dealkylation sites (N-methyl/N-ethyl adjacent to an activating group) is 2. The molecule has 1 fully saturated rings. The molecule has 15 heteroatoms. The second-order valence-electron chi connectivity index (χ2n) is 40.7. The summed E-state index contributed by atoms with van der Waals surface area (Å²) in [5, 5.41) is 20.8. The number of hydrogen-bond acceptors (Lipinski definition) is 6. The maximum atomic E-state index is 14.1. The SMILES string of the molecule is CCCCN(C)C(=O)c1ccccc1C1=c2cc3c(cc2[Si](C)(C)c2cc(N4CCC4)ccc21)=[N+](CC)C(C)(C)C=C3C.CCCCN(C)C(=O)c1ccccc1C1=c2cc3c(cc2[Si](C)(C)c2cc4c(cc21)C(C)=CC(C)(C)N4CC)=[N+](CC)CCC3.CCCCN(C)C(=O)c1ccccc1C1=c2cc3c(cc2[Si](C)(C)c2cc4c(cc21)CCCN4)=[N+](CC)CCC3. The van der Waals surface area contributed by atoms with Crippen molar-refractivity contribution in [3.05, 3.63) is 273 Å². The van der Waals surface area contributed by atoms with Gasteiger partial charge in [0.05, 0.1) is 5.54 Å². The molecular formula is C113H144N9O3Si3+3. The van der Waals surface area contributed by atoms with Gasteiger partial charge in [-0.05, 0) is 299 Å². The van der Waals surface area contributed by atoms with Crippen molar-refractivity contribution in [2.24, 2.45) is 0 Å². The van der Waals surface area contributed by atoms with E-state index in [0.29, 0.717) is 0 Å². The van der Waals surface area contributed by atoms with E-state index in [4.69, 9.17) is 0 Å². The molecule has 668 valence electrons. The molecule has 0 spiro atoms. The highest BCUT2D eigenvalue weighted by Crippen LogP contribution is 2.43. The first-order chi connectivity index (χ1) is 61.3. The first-order valence-electron chi connectivity index (χ1n) is 48.9. The third-order valence-electron chi connectivity index (χ3n) is 30.4. The predicted octanol–water partition coefficient (Wildman–Crippen LogP) is 14.0. The molecule has 1 N–H and O–H groups in total. The zero-order valence-corrected chi connectivity index (χ0v) is 84.6. The van der Waals surface area contributed by atoms with Crippen LogP contribution < -0.4 is 91.7 Å². The number of fused-ring (bicyclic) bond motifs is 11. The quantitative estimate of drug-likeness (QED) is 0.0604. The van der Waals surface area contributed by atoms with Crippen LogP contribution in [0.25, 0.3) is 27.9 Å². The van der Waals surface area contributed by atoms with E-state index in [0.717, 1.165) is 176 Å². The van der Waals surface area contributed by atoms with E-state index in [9.17, 15) is 14.4 Å². The lowest BCUT2D eigenvalue weighted by Gasteiger charge is -2.44. The summed E-state index contributed by atoms with van der Waals surface area (Å²) in [5.41, 5.74) is 26.8. The topological polar surface area (TPSA) is 88.5 Å². The van der Waals surface area contributed by atoms with Crippen molar-refractivity contribution < 1.29 is 14.4 Å². The summed E-state index contributed by atoms with van der Waals surface area (Å²) >= 11 is 0. The summed E-state index contributed by atoms with van der Waals surface area (Å²) in [4.78, 5) is 52.8. The van der Waals surface area contributed by atoms with Gasteiger partial charge in [-0.1, -0.05) is 146 Å². The van der Waals surface area contributed by atoms with Gasteiger partial charge in [-0.2, -0.15) is 0 Å². The Morgan fingerprint density at radius 3 is 1.32 bits per heavy atom. The van der Waals surface area contributed by atoms with Crippen LogP contribution in [0.4, 0.5) is 17.1 Å². The molecule has 128 heavy (non-hydrogen) atoms. The van der Waals surface area contributed by atoms with Crippen molar-refractivity contribution >= 4 is 118 Å². The van der Waals surface area contributed by atoms with Crippen LogP contribution in [-0.4, -0.2) is 167 Å². The monoisotopic (exact) mass is 1760 g/mol. The van der Waals surface area contributed by atoms with Crippen molar-refractivity contribution in [2.75, 3.05) is 115 Å². The summed E-state index contributed by atoms with van der Waals surface area (Å²) in [7, 11) is -0.441. The minimum Gasteiger partial charge on any atom is -0.385 e. The molecular weight excluding hydrogens is 1620 g/mol. The summed E-state index contributed by atoms with van der Waals surface area (Å²) < 4.78 is 7.70. The van der Waals surface area contributed by atoms with E-state index in [1.165, 1.54) is 172 Å². The van der Waals surface area contributed by atoms with Crippen LogP contribution >= 0.6 is 0 Å². The minimum absolute atomic E-state index is 0.0440. The standard InChI is InChI=1S/C40H52N3OSi.C38H48N3OSi.C35H43N3OSi/c1-10-13-20-41(7)39(44)30-19-15-14-18-29(30)38-32-22-28-17-16-21-42(11-2)34(28)24-36(32)45(8,9)37-25-35-31(23-33(37)38)27(4)26-40(5,6)43(35)12-3;1-9-11-19-39(6)37(42)29-16-13-12-15-28(29)36-30-18-17-27(40-20-14-21-40)22-34(30)43(7,8)35-24-33-31(23-32(35)36)26(3)25-38(4,5)41(33)10-2;1-6-8-18-37(3)35(39)27-16-10-9-15-26(27)34-28-20-24-13-11-17-36-30(24)22-32(28)40(4,5)33-23-31-25(21-29(33)34)14-12-19-38(31)7-2/h14-15,18-19,22-26H,10-13,16-17,20-21H2,1-9H3;12-13,15-18,22-25H,9-11,14,19-21H2,1-8H3;9-10,15-16,20-23H,6-8,11-14,17-19H2,1-5H3/q2*+1;/p+1. The van der Waals surface area contributed by atoms with Crippen LogP contribution in [0.3, 0.4) is 0 Å². The van der Waals surface area contributed by atoms with Crippen molar-refractivity contribution in [1.82, 2.24) is 28.4 Å². The Hall–Kier alpha value is -10.1. The Kier molecular flexibility index (Phi) is 25.9. The van der Waals surface area contributed by atoms with E-state index in [-0.39, 0.29) is 28.8 Å². The van der Waals surface area contributed by atoms with Gasteiger partial charge in [-0.3, -0.25) is 14.4 Å². The third-order valence-corrected chi connectivity index (χ3v) is 41.0. The average Bonchev–Trinajstić information content (AvgIpc) is 0.713. The molecule has 0 aromatic heterocycles. The summed E-state index contributed by atoms with van der Waals surface area (Å²) in [6.07, 6.45) is 19.2. The number of nitrogens with zero attached hydrogens (tertiary/aromatic N) is 8. The zero-order valence-electron chi connectivity index (χ0n) is 81.6. The highest BCUT2D eigenvalue weighted by atomic mass is 28.3. The van der Waals surface area contributed by atoms with Gasteiger partial charge in [-0.15, -0.1) is 0 Å². The molecule has 9 aliphatic rings. The zero-order chi connectivity index (χ0) is 91.0. The van der Waals surface area contributed by atoms with Crippen molar-refractivity contribution in [3.63, 3.8) is 0 Å². The second-order valence-corrected chi connectivity index (χ2v) is 53.7. The fourth-order valence-corrected chi connectivity index (χ4v) is 32.3. The Labute approximate surface area is 767 Å². The van der Waals surface area contributed by atoms with Crippen LogP contribution in [0.2, 0.25) is 39.3 Å². The molecule has 0 radical (unpaired) electrons. The van der Waals surface area contributed by atoms with E-state index >= 15 is 0 Å². The molecule has 9 aromatic carbocycles. The van der Waals surface area contributed by atoms with Crippen molar-refractivity contribution in [3.8, 4) is 0 Å². The van der Waals surface area contributed by atoms with Crippen LogP contribution in [0.5, 0.6) is 0 Å². The number of hydrogen-bond donors (Lipinski definition) is 1. The molecule has 0 unspecified atom stereocenters. The maximum absolute atomic E-state index is 14.1. The first kappa shape index (κ1) is 91.3. The second kappa shape index (κ2) is 36.3. The highest BCUT2D eigenvalue weighted by Gasteiger charge is 2.45. The fourth-order valence-electron chi connectivity index (χ4n) is 23.2. The molecule has 9 heterocycles. The number of rotatable bonds is 20. The smallest absolute Gasteiger partial charge is 0.254 e. The number of carbonyl (C=O) groups excluding carboxylic acids is 3. The Morgan fingerprint density at radius 1 is 0.422 bits per heavy atom. The molecule has 9 aromatic rings. The number of nitrogens with one attached hydrogen (secondary N) is 1. The van der Waals surface area contributed by atoms with Gasteiger partial charge in [0, 0.05) is 168 Å². The predicted molar refractivity (Wildman–Crippen MR) is 550 cm³/mol. The van der Waals surface area contributed by atoms with Crippen LogP contribution in [0.1, 0.15) is 246 Å². The van der Waals surface area contributed by atoms with Gasteiger partial charge in [0.1, 0.15) is 56.9 Å². The summed E-state index contributed by atoms with van der Waals surface area (Å²) in [6, 6.07) is 57.4. The molecule has 0 aliphatic carbocycles. The fraction of sp³-hybridized carbons (Fsp3) is 0.434. The molecule has 0 saturated carbocycles. The number of allylic oxidation sites excluding steroid dienone is 2. The number of amides is 3. The highest BCUT2D eigenvalue weighted by molar-refractivity contribution is 7.02. The van der Waals surface area contributed by atoms with E-state index in [1.807, 2.05) is 72.2 Å². The number of unbranched alkanes of at least 4 members (excludes halogenated alkanes) is 3. The molecule has 9 aliphatic heterocycles. The molecule has 0 bridgehead atoms. The Bertz CT molecular complexity index is 6470. The number of anilines is 3. The average molecular weight is 1760 g/mol. The first-order valence-corrected chi connectivity index (χ1v) is 57.9. The summed E-state index contributed by atoms with van der Waals surface area (Å²) in [5.74, 6) is 0.336. The lowest BCUT2D eigenvalue weighted by atomic mass is 9.84. The lowest BCUT2D eigenvalue weighted by Crippen LogP contribution is -2.65. The van der Waals surface area contributed by atoms with Crippen molar-refractivity contribution in [1.29, 1.82) is 0 Å². The van der Waals surface area contributed by atoms with Gasteiger partial charge in [0.25, 0.3) is 17.7 Å². The van der Waals surface area contributed by atoms with Crippen molar-refractivity contribution in [2.45, 2.75) is 224 Å². The number of aryl methyl sites for hydroxylation is 3. The largest absolute Gasteiger partial charge is 0.385 e. The van der Waals surface area contributed by atoms with Gasteiger partial charge >= 0.3 is 0 Å². The Morgan fingerprint density at radius 2 is 0.859 bits per heavy atom. The van der Waals surface area contributed by atoms with Gasteiger partial charge in [0.15, 0.2) is 5.54 Å². The van der Waals surface area contributed by atoms with Gasteiger partial charge < -0.3 is 29.8 Å². The molecule has 3 amide bonds. The Balaban J connectivity index is 0.000000141. The molecule has 12 nitrogen and oxygen atoms in total. The molecule has 18 rings (SSSR count). The van der Waals surface area contributed by atoms with E-state index < -0.39 is 24.2 Å². The van der Waals surface area contributed by atoms with Gasteiger partial charge in [0.2, 0.25) is 16.1 Å². The molecule has 1 saturated heterocycles. The minimum atomic E-state index is -2.15. The lowest BCUT2D eigenvalue weighted by molar-refractivity contribution is 0.0785. The van der Waals surface area contributed by atoms with Crippen LogP contribution in [0, 0.1) is 0 Å². The third kappa shape index (κ3) is 16.3. The van der Waals surface area contributed by atoms with Crippen LogP contribution in [-0.2, 0) is 19.3 Å². The number of carbonyl (C=O) groups is 3. The molecule has 0 atom stereocenters. The number of benzene rings is 9. The normalized spacial score (nSPS) is 17.5. The van der Waals surface area contributed by atoms with Crippen LogP contribution in [0.15, 0.2) is 164 Å². The maximum Gasteiger partial charge on any atom is 0.254 e. The summed E-state index contributed by atoms with van der Waals surface area (Å²) in [6.45, 7) is 56.6. The van der Waals surface area contributed by atoms with Gasteiger partial charge in [-0.25, -0.2) is 13.7 Å². The van der Waals surface area contributed by atoms with E-state index in [1.54, 1.807) is 0 Å².